The summed E-state index contributed by atoms with van der Waals surface area (Å²) in [6.45, 7) is 1.96. The molecule has 2 aromatic rings. The van der Waals surface area contributed by atoms with Crippen molar-refractivity contribution in [2.45, 2.75) is 19.4 Å². The van der Waals surface area contributed by atoms with Crippen molar-refractivity contribution in [2.24, 2.45) is 12.8 Å². The summed E-state index contributed by atoms with van der Waals surface area (Å²) in [4.78, 5) is 8.38. The first-order valence-corrected chi connectivity index (χ1v) is 5.18. The van der Waals surface area contributed by atoms with Crippen LogP contribution in [0.15, 0.2) is 24.7 Å². The van der Waals surface area contributed by atoms with E-state index in [0.29, 0.717) is 6.42 Å². The number of nitrogens with zero attached hydrogens (tertiary/aromatic N) is 4. The molecule has 0 aromatic carbocycles. The Kier molecular flexibility index (Phi) is 2.96. The van der Waals surface area contributed by atoms with Crippen molar-refractivity contribution in [1.82, 2.24) is 19.7 Å². The molecule has 0 aliphatic carbocycles. The molecule has 84 valence electrons. The number of nitrogens with two attached hydrogens (primary N) is 1. The van der Waals surface area contributed by atoms with Gasteiger partial charge in [-0.25, -0.2) is 4.98 Å². The van der Waals surface area contributed by atoms with Crippen LogP contribution in [0.1, 0.15) is 23.1 Å². The molecule has 0 amide bonds. The quantitative estimate of drug-likeness (QED) is 0.824. The van der Waals surface area contributed by atoms with Gasteiger partial charge >= 0.3 is 0 Å². The van der Waals surface area contributed by atoms with Crippen LogP contribution in [0.3, 0.4) is 0 Å². The number of aromatic nitrogens is 4. The minimum absolute atomic E-state index is 0.0870. The van der Waals surface area contributed by atoms with Crippen LogP contribution in [-0.4, -0.2) is 19.7 Å². The summed E-state index contributed by atoms with van der Waals surface area (Å²) in [6.07, 6.45) is 4.02. The number of hydrogen-bond donors (Lipinski definition) is 1. The molecule has 2 aromatic heterocycles. The predicted octanol–water partition coefficient (Wildman–Crippen LogP) is 0.761. The lowest BCUT2D eigenvalue weighted by Gasteiger charge is -2.10. The maximum atomic E-state index is 6.08. The molecule has 2 heterocycles. The Balaban J connectivity index is 2.11. The van der Waals surface area contributed by atoms with Crippen LogP contribution in [0, 0.1) is 6.92 Å². The number of rotatable bonds is 3. The van der Waals surface area contributed by atoms with Crippen molar-refractivity contribution < 1.29 is 0 Å². The fourth-order valence-corrected chi connectivity index (χ4v) is 1.52. The molecule has 0 saturated heterocycles. The van der Waals surface area contributed by atoms with Gasteiger partial charge in [-0.3, -0.25) is 9.67 Å². The van der Waals surface area contributed by atoms with Crippen molar-refractivity contribution in [3.8, 4) is 0 Å². The van der Waals surface area contributed by atoms with E-state index >= 15 is 0 Å². The van der Waals surface area contributed by atoms with Gasteiger partial charge in [0.1, 0.15) is 12.2 Å². The van der Waals surface area contributed by atoms with E-state index in [4.69, 9.17) is 5.73 Å². The summed E-state index contributed by atoms with van der Waals surface area (Å²) in [6, 6.07) is 3.88. The lowest BCUT2D eigenvalue weighted by atomic mass is 10.1. The SMILES string of the molecule is Cc1ccc(C(N)Cc2ncnn2C)cn1. The van der Waals surface area contributed by atoms with Crippen LogP contribution in [-0.2, 0) is 13.5 Å². The molecule has 0 aliphatic heterocycles. The third-order valence-corrected chi connectivity index (χ3v) is 2.57. The van der Waals surface area contributed by atoms with E-state index in [1.807, 2.05) is 32.3 Å². The van der Waals surface area contributed by atoms with Crippen molar-refractivity contribution in [2.75, 3.05) is 0 Å². The first-order chi connectivity index (χ1) is 7.66. The lowest BCUT2D eigenvalue weighted by molar-refractivity contribution is 0.628. The Morgan fingerprint density at radius 2 is 2.19 bits per heavy atom. The topological polar surface area (TPSA) is 69.6 Å². The van der Waals surface area contributed by atoms with Crippen molar-refractivity contribution in [1.29, 1.82) is 0 Å². The summed E-state index contributed by atoms with van der Waals surface area (Å²) in [7, 11) is 1.86. The van der Waals surface area contributed by atoms with Gasteiger partial charge in [-0.2, -0.15) is 5.10 Å². The Morgan fingerprint density at radius 1 is 1.38 bits per heavy atom. The first kappa shape index (κ1) is 10.8. The highest BCUT2D eigenvalue weighted by atomic mass is 15.3. The van der Waals surface area contributed by atoms with Gasteiger partial charge in [0.25, 0.3) is 0 Å². The summed E-state index contributed by atoms with van der Waals surface area (Å²) in [5.41, 5.74) is 8.10. The molecule has 16 heavy (non-hydrogen) atoms. The van der Waals surface area contributed by atoms with E-state index in [1.165, 1.54) is 6.33 Å². The van der Waals surface area contributed by atoms with E-state index in [0.717, 1.165) is 17.1 Å². The zero-order valence-corrected chi connectivity index (χ0v) is 9.46. The highest BCUT2D eigenvalue weighted by Crippen LogP contribution is 2.13. The van der Waals surface area contributed by atoms with Crippen LogP contribution in [0.4, 0.5) is 0 Å². The summed E-state index contributed by atoms with van der Waals surface area (Å²) in [5, 5.41) is 4.01. The van der Waals surface area contributed by atoms with Crippen LogP contribution in [0.25, 0.3) is 0 Å². The monoisotopic (exact) mass is 217 g/mol. The second-order valence-electron chi connectivity index (χ2n) is 3.84. The van der Waals surface area contributed by atoms with Gasteiger partial charge in [-0.1, -0.05) is 6.07 Å². The van der Waals surface area contributed by atoms with Gasteiger partial charge in [0, 0.05) is 31.4 Å². The Labute approximate surface area is 94.3 Å². The fraction of sp³-hybridized carbons (Fsp3) is 0.364. The summed E-state index contributed by atoms with van der Waals surface area (Å²) < 4.78 is 1.74. The molecule has 0 radical (unpaired) electrons. The smallest absolute Gasteiger partial charge is 0.138 e. The number of aryl methyl sites for hydroxylation is 2. The van der Waals surface area contributed by atoms with Crippen LogP contribution in [0.5, 0.6) is 0 Å². The van der Waals surface area contributed by atoms with Gasteiger partial charge < -0.3 is 5.73 Å². The highest BCUT2D eigenvalue weighted by Gasteiger charge is 2.10. The predicted molar refractivity (Wildman–Crippen MR) is 60.6 cm³/mol. The maximum absolute atomic E-state index is 6.08. The van der Waals surface area contributed by atoms with E-state index in [9.17, 15) is 0 Å². The fourth-order valence-electron chi connectivity index (χ4n) is 1.52. The molecule has 0 fully saturated rings. The van der Waals surface area contributed by atoms with Crippen LogP contribution in [0.2, 0.25) is 0 Å². The van der Waals surface area contributed by atoms with Crippen LogP contribution >= 0.6 is 0 Å². The molecule has 2 N–H and O–H groups in total. The zero-order chi connectivity index (χ0) is 11.5. The Bertz CT molecular complexity index is 459. The van der Waals surface area contributed by atoms with E-state index in [-0.39, 0.29) is 6.04 Å². The molecule has 0 bridgehead atoms. The molecular formula is C11H15N5. The molecule has 2 rings (SSSR count). The number of hydrogen-bond acceptors (Lipinski definition) is 4. The van der Waals surface area contributed by atoms with Crippen molar-refractivity contribution in [3.63, 3.8) is 0 Å². The molecule has 1 unspecified atom stereocenters. The summed E-state index contributed by atoms with van der Waals surface area (Å²) >= 11 is 0. The molecule has 1 atom stereocenters. The molecule has 0 saturated carbocycles. The molecule has 5 heteroatoms. The minimum atomic E-state index is -0.0870. The van der Waals surface area contributed by atoms with Gasteiger partial charge in [0.2, 0.25) is 0 Å². The van der Waals surface area contributed by atoms with Gasteiger partial charge in [-0.05, 0) is 18.6 Å². The average Bonchev–Trinajstić information content (AvgIpc) is 2.65. The normalized spacial score (nSPS) is 12.7. The molecule has 5 nitrogen and oxygen atoms in total. The minimum Gasteiger partial charge on any atom is -0.324 e. The second-order valence-corrected chi connectivity index (χ2v) is 3.84. The summed E-state index contributed by atoms with van der Waals surface area (Å²) in [5.74, 6) is 0.882. The third-order valence-electron chi connectivity index (χ3n) is 2.57. The standard InChI is InChI=1S/C11H15N5/c1-8-3-4-9(6-13-8)10(12)5-11-14-7-15-16(11)2/h3-4,6-7,10H,5,12H2,1-2H3. The van der Waals surface area contributed by atoms with Crippen molar-refractivity contribution >= 4 is 0 Å². The van der Waals surface area contributed by atoms with E-state index < -0.39 is 0 Å². The Hall–Kier alpha value is -1.75. The second kappa shape index (κ2) is 4.40. The average molecular weight is 217 g/mol. The number of pyridine rings is 1. The third kappa shape index (κ3) is 2.25. The zero-order valence-electron chi connectivity index (χ0n) is 9.46. The van der Waals surface area contributed by atoms with E-state index in [2.05, 4.69) is 15.1 Å². The van der Waals surface area contributed by atoms with E-state index in [1.54, 1.807) is 4.68 Å². The molecule has 0 aliphatic rings. The van der Waals surface area contributed by atoms with Crippen LogP contribution < -0.4 is 5.73 Å². The highest BCUT2D eigenvalue weighted by molar-refractivity contribution is 5.17. The molecular weight excluding hydrogens is 202 g/mol. The Morgan fingerprint density at radius 3 is 2.75 bits per heavy atom. The molecule has 0 spiro atoms. The van der Waals surface area contributed by atoms with Gasteiger partial charge in [0.05, 0.1) is 0 Å². The van der Waals surface area contributed by atoms with Gasteiger partial charge in [-0.15, -0.1) is 0 Å². The largest absolute Gasteiger partial charge is 0.324 e. The first-order valence-electron chi connectivity index (χ1n) is 5.18. The maximum Gasteiger partial charge on any atom is 0.138 e. The lowest BCUT2D eigenvalue weighted by Crippen LogP contribution is -2.16. The van der Waals surface area contributed by atoms with Crippen molar-refractivity contribution in [3.05, 3.63) is 41.7 Å². The van der Waals surface area contributed by atoms with Gasteiger partial charge in [0.15, 0.2) is 0 Å².